The molecule has 0 bridgehead atoms. The zero-order valence-corrected chi connectivity index (χ0v) is 17.4. The number of fused-ring (bicyclic) bond motifs is 1. The van der Waals surface area contributed by atoms with Gasteiger partial charge in [0.2, 0.25) is 0 Å². The van der Waals surface area contributed by atoms with Crippen LogP contribution in [-0.4, -0.2) is 69.5 Å². The van der Waals surface area contributed by atoms with Crippen LogP contribution in [0.3, 0.4) is 0 Å². The number of methoxy groups -OCH3 is 1. The van der Waals surface area contributed by atoms with Crippen molar-refractivity contribution in [2.45, 2.75) is 19.4 Å². The molecular formula is C24H32N2O3. The maximum absolute atomic E-state index is 6.26. The SMILES string of the molecule is COc1cccc(CN2CCc3ccccc3CC2)c1OCCN1CCOCC1. The fourth-order valence-corrected chi connectivity index (χ4v) is 4.23. The molecule has 2 heterocycles. The van der Waals surface area contributed by atoms with Crippen LogP contribution in [0.2, 0.25) is 0 Å². The lowest BCUT2D eigenvalue weighted by Crippen LogP contribution is -2.38. The molecule has 2 aliphatic rings. The summed E-state index contributed by atoms with van der Waals surface area (Å²) in [5.41, 5.74) is 4.18. The van der Waals surface area contributed by atoms with Crippen molar-refractivity contribution < 1.29 is 14.2 Å². The minimum Gasteiger partial charge on any atom is -0.493 e. The van der Waals surface area contributed by atoms with Gasteiger partial charge in [0.15, 0.2) is 11.5 Å². The second kappa shape index (κ2) is 10.1. The van der Waals surface area contributed by atoms with Gasteiger partial charge in [0.05, 0.1) is 20.3 Å². The number of rotatable bonds is 7. The van der Waals surface area contributed by atoms with Crippen LogP contribution >= 0.6 is 0 Å². The molecule has 1 saturated heterocycles. The Kier molecular flexibility index (Phi) is 7.04. The molecule has 2 aromatic rings. The van der Waals surface area contributed by atoms with Crippen molar-refractivity contribution in [2.24, 2.45) is 0 Å². The van der Waals surface area contributed by atoms with Gasteiger partial charge in [-0.1, -0.05) is 36.4 Å². The minimum absolute atomic E-state index is 0.665. The number of nitrogens with zero attached hydrogens (tertiary/aromatic N) is 2. The molecular weight excluding hydrogens is 364 g/mol. The molecule has 29 heavy (non-hydrogen) atoms. The fraction of sp³-hybridized carbons (Fsp3) is 0.500. The van der Waals surface area contributed by atoms with Crippen LogP contribution in [0.25, 0.3) is 0 Å². The summed E-state index contributed by atoms with van der Waals surface area (Å²) in [6.07, 6.45) is 2.21. The fourth-order valence-electron chi connectivity index (χ4n) is 4.23. The summed E-state index contributed by atoms with van der Waals surface area (Å²) >= 11 is 0. The zero-order chi connectivity index (χ0) is 19.9. The summed E-state index contributed by atoms with van der Waals surface area (Å²) in [5.74, 6) is 1.72. The van der Waals surface area contributed by atoms with Crippen molar-refractivity contribution in [3.63, 3.8) is 0 Å². The summed E-state index contributed by atoms with van der Waals surface area (Å²) in [7, 11) is 1.72. The van der Waals surface area contributed by atoms with E-state index >= 15 is 0 Å². The second-order valence-corrected chi connectivity index (χ2v) is 7.80. The highest BCUT2D eigenvalue weighted by Gasteiger charge is 2.18. The van der Waals surface area contributed by atoms with E-state index < -0.39 is 0 Å². The second-order valence-electron chi connectivity index (χ2n) is 7.80. The zero-order valence-electron chi connectivity index (χ0n) is 17.4. The van der Waals surface area contributed by atoms with E-state index in [0.29, 0.717) is 6.61 Å². The van der Waals surface area contributed by atoms with Gasteiger partial charge in [0.1, 0.15) is 6.61 Å². The molecule has 0 amide bonds. The van der Waals surface area contributed by atoms with Crippen LogP contribution in [0.5, 0.6) is 11.5 Å². The molecule has 0 atom stereocenters. The molecule has 0 aromatic heterocycles. The Morgan fingerprint density at radius 2 is 1.59 bits per heavy atom. The van der Waals surface area contributed by atoms with Crippen molar-refractivity contribution in [2.75, 3.05) is 59.7 Å². The summed E-state index contributed by atoms with van der Waals surface area (Å²) in [4.78, 5) is 4.92. The van der Waals surface area contributed by atoms with Crippen molar-refractivity contribution in [3.05, 3.63) is 59.2 Å². The highest BCUT2D eigenvalue weighted by Crippen LogP contribution is 2.32. The Morgan fingerprint density at radius 1 is 0.862 bits per heavy atom. The van der Waals surface area contributed by atoms with Crippen LogP contribution in [0, 0.1) is 0 Å². The number of morpholine rings is 1. The maximum atomic E-state index is 6.26. The van der Waals surface area contributed by atoms with Crippen LogP contribution in [-0.2, 0) is 24.1 Å². The number of hydrogen-bond donors (Lipinski definition) is 0. The van der Waals surface area contributed by atoms with E-state index in [0.717, 1.165) is 76.8 Å². The van der Waals surface area contributed by atoms with Gasteiger partial charge in [-0.15, -0.1) is 0 Å². The Morgan fingerprint density at radius 3 is 2.28 bits per heavy atom. The molecule has 0 spiro atoms. The first-order valence-corrected chi connectivity index (χ1v) is 10.7. The average molecular weight is 397 g/mol. The number of benzene rings is 2. The summed E-state index contributed by atoms with van der Waals surface area (Å²) in [5, 5.41) is 0. The molecule has 0 unspecified atom stereocenters. The molecule has 2 aliphatic heterocycles. The smallest absolute Gasteiger partial charge is 0.165 e. The monoisotopic (exact) mass is 396 g/mol. The van der Waals surface area contributed by atoms with E-state index in [1.807, 2.05) is 6.07 Å². The quantitative estimate of drug-likeness (QED) is 0.719. The van der Waals surface area contributed by atoms with Gasteiger partial charge >= 0.3 is 0 Å². The molecule has 156 valence electrons. The first-order chi connectivity index (χ1) is 14.3. The van der Waals surface area contributed by atoms with Gasteiger partial charge in [0.25, 0.3) is 0 Å². The topological polar surface area (TPSA) is 34.2 Å². The van der Waals surface area contributed by atoms with E-state index in [-0.39, 0.29) is 0 Å². The lowest BCUT2D eigenvalue weighted by molar-refractivity contribution is 0.0320. The van der Waals surface area contributed by atoms with Crippen LogP contribution < -0.4 is 9.47 Å². The number of para-hydroxylation sites is 1. The van der Waals surface area contributed by atoms with E-state index in [1.54, 1.807) is 7.11 Å². The van der Waals surface area contributed by atoms with Crippen molar-refractivity contribution in [1.29, 1.82) is 0 Å². The first-order valence-electron chi connectivity index (χ1n) is 10.7. The molecule has 1 fully saturated rings. The third-order valence-electron chi connectivity index (χ3n) is 5.95. The minimum atomic E-state index is 0.665. The average Bonchev–Trinajstić information content (AvgIpc) is 2.98. The van der Waals surface area contributed by atoms with Crippen molar-refractivity contribution in [3.8, 4) is 11.5 Å². The predicted molar refractivity (Wildman–Crippen MR) is 115 cm³/mol. The van der Waals surface area contributed by atoms with Gasteiger partial charge in [-0.05, 0) is 30.0 Å². The molecule has 0 saturated carbocycles. The third kappa shape index (κ3) is 5.30. The van der Waals surface area contributed by atoms with E-state index in [4.69, 9.17) is 14.2 Å². The first kappa shape index (κ1) is 20.2. The van der Waals surface area contributed by atoms with Crippen molar-refractivity contribution >= 4 is 0 Å². The Balaban J connectivity index is 1.40. The lowest BCUT2D eigenvalue weighted by atomic mass is 10.0. The Labute approximate surface area is 174 Å². The van der Waals surface area contributed by atoms with Gasteiger partial charge in [-0.3, -0.25) is 9.80 Å². The standard InChI is InChI=1S/C24H32N2O3/c1-27-23-8-4-7-22(24(23)29-18-15-25-13-16-28-17-14-25)19-26-11-9-20-5-2-3-6-21(20)10-12-26/h2-8H,9-19H2,1H3. The van der Waals surface area contributed by atoms with E-state index in [2.05, 4.69) is 46.2 Å². The highest BCUT2D eigenvalue weighted by atomic mass is 16.5. The van der Waals surface area contributed by atoms with Crippen molar-refractivity contribution in [1.82, 2.24) is 9.80 Å². The number of hydrogen-bond acceptors (Lipinski definition) is 5. The summed E-state index contributed by atoms with van der Waals surface area (Å²) < 4.78 is 17.3. The predicted octanol–water partition coefficient (Wildman–Crippen LogP) is 3.01. The molecule has 0 radical (unpaired) electrons. The van der Waals surface area contributed by atoms with Crippen LogP contribution in [0.4, 0.5) is 0 Å². The lowest BCUT2D eigenvalue weighted by Gasteiger charge is -2.27. The van der Waals surface area contributed by atoms with E-state index in [9.17, 15) is 0 Å². The van der Waals surface area contributed by atoms with Crippen LogP contribution in [0.15, 0.2) is 42.5 Å². The molecule has 2 aromatic carbocycles. The molecule has 0 N–H and O–H groups in total. The molecule has 0 aliphatic carbocycles. The third-order valence-corrected chi connectivity index (χ3v) is 5.95. The Bertz CT molecular complexity index is 762. The van der Waals surface area contributed by atoms with E-state index in [1.165, 1.54) is 16.7 Å². The van der Waals surface area contributed by atoms with Gasteiger partial charge in [-0.2, -0.15) is 0 Å². The van der Waals surface area contributed by atoms with Gasteiger partial charge in [-0.25, -0.2) is 0 Å². The van der Waals surface area contributed by atoms with Gasteiger partial charge < -0.3 is 14.2 Å². The maximum Gasteiger partial charge on any atom is 0.165 e. The van der Waals surface area contributed by atoms with Crippen LogP contribution in [0.1, 0.15) is 16.7 Å². The molecule has 4 rings (SSSR count). The van der Waals surface area contributed by atoms with Gasteiger partial charge in [0, 0.05) is 44.8 Å². The normalized spacial score (nSPS) is 18.1. The molecule has 5 heteroatoms. The summed E-state index contributed by atoms with van der Waals surface area (Å²) in [6, 6.07) is 15.1. The largest absolute Gasteiger partial charge is 0.493 e. The molecule has 5 nitrogen and oxygen atoms in total. The highest BCUT2D eigenvalue weighted by molar-refractivity contribution is 5.46. The number of ether oxygens (including phenoxy) is 3. The summed E-state index contributed by atoms with van der Waals surface area (Å²) in [6.45, 7) is 8.21. The Hall–Kier alpha value is -2.08.